The maximum Gasteiger partial charge on any atom is 0.410 e. The van der Waals surface area contributed by atoms with Gasteiger partial charge in [0.05, 0.1) is 19.2 Å². The Hall–Kier alpha value is -0.890. The Labute approximate surface area is 124 Å². The van der Waals surface area contributed by atoms with Gasteiger partial charge in [-0.1, -0.05) is 0 Å². The maximum absolute atomic E-state index is 12.3. The summed E-state index contributed by atoms with van der Waals surface area (Å²) in [7, 11) is 0. The molecule has 2 N–H and O–H groups in total. The molecule has 2 fully saturated rings. The molecule has 122 valence electrons. The first-order valence-electron chi connectivity index (χ1n) is 7.18. The summed E-state index contributed by atoms with van der Waals surface area (Å²) in [4.78, 5) is 13.7. The number of amides is 1. The van der Waals surface area contributed by atoms with Crippen LogP contribution in [0.15, 0.2) is 0 Å². The van der Waals surface area contributed by atoms with Crippen LogP contribution in [0, 0.1) is 0 Å². The number of carbonyl (C=O) groups is 1. The normalized spacial score (nSPS) is 36.0. The molecule has 0 aromatic rings. The molecular weight excluding hydrogens is 278 g/mol. The smallest absolute Gasteiger partial charge is 0.410 e. The van der Waals surface area contributed by atoms with Crippen molar-refractivity contribution < 1.29 is 29.2 Å². The zero-order chi connectivity index (χ0) is 16.0. The first-order chi connectivity index (χ1) is 9.50. The third kappa shape index (κ3) is 3.66. The van der Waals surface area contributed by atoms with Gasteiger partial charge in [-0.2, -0.15) is 0 Å². The Kier molecular flexibility index (Phi) is 4.23. The number of rotatable bonds is 0. The summed E-state index contributed by atoms with van der Waals surface area (Å²) < 4.78 is 16.6. The van der Waals surface area contributed by atoms with Crippen LogP contribution in [0.2, 0.25) is 0 Å². The van der Waals surface area contributed by atoms with E-state index in [1.807, 2.05) is 0 Å². The summed E-state index contributed by atoms with van der Waals surface area (Å²) in [5.41, 5.74) is -0.636. The van der Waals surface area contributed by atoms with Crippen molar-refractivity contribution >= 4 is 6.09 Å². The topological polar surface area (TPSA) is 88.5 Å². The number of fused-ring (bicyclic) bond motifs is 1. The molecule has 7 heteroatoms. The van der Waals surface area contributed by atoms with Gasteiger partial charge in [-0.3, -0.25) is 4.90 Å². The highest BCUT2D eigenvalue weighted by atomic mass is 16.7. The first-order valence-corrected chi connectivity index (χ1v) is 7.18. The van der Waals surface area contributed by atoms with E-state index in [-0.39, 0.29) is 13.2 Å². The van der Waals surface area contributed by atoms with Crippen molar-refractivity contribution in [2.75, 3.05) is 13.2 Å². The average Bonchev–Trinajstić information content (AvgIpc) is 2.31. The number of ether oxygens (including phenoxy) is 3. The van der Waals surface area contributed by atoms with E-state index in [1.165, 1.54) is 4.90 Å². The highest BCUT2D eigenvalue weighted by Gasteiger charge is 2.51. The Balaban J connectivity index is 2.18. The molecule has 0 saturated carbocycles. The summed E-state index contributed by atoms with van der Waals surface area (Å²) in [5, 5.41) is 20.1. The fourth-order valence-corrected chi connectivity index (χ4v) is 2.58. The summed E-state index contributed by atoms with van der Waals surface area (Å²) >= 11 is 0. The number of aliphatic hydroxyl groups excluding tert-OH is 2. The monoisotopic (exact) mass is 303 g/mol. The van der Waals surface area contributed by atoms with Crippen molar-refractivity contribution in [3.63, 3.8) is 0 Å². The highest BCUT2D eigenvalue weighted by molar-refractivity contribution is 5.69. The van der Waals surface area contributed by atoms with Gasteiger partial charge in [0, 0.05) is 0 Å². The lowest BCUT2D eigenvalue weighted by Crippen LogP contribution is -2.69. The van der Waals surface area contributed by atoms with Gasteiger partial charge in [-0.15, -0.1) is 0 Å². The van der Waals surface area contributed by atoms with Crippen LogP contribution < -0.4 is 0 Å². The number of hydrogen-bond donors (Lipinski definition) is 2. The second-order valence-corrected chi connectivity index (χ2v) is 7.05. The Bertz CT molecular complexity index is 405. The van der Waals surface area contributed by atoms with Crippen molar-refractivity contribution in [1.29, 1.82) is 0 Å². The van der Waals surface area contributed by atoms with Crippen molar-refractivity contribution in [1.82, 2.24) is 4.90 Å². The van der Waals surface area contributed by atoms with E-state index in [0.29, 0.717) is 0 Å². The predicted molar refractivity (Wildman–Crippen MR) is 73.6 cm³/mol. The van der Waals surface area contributed by atoms with Gasteiger partial charge in [0.15, 0.2) is 5.79 Å². The molecule has 7 nitrogen and oxygen atoms in total. The molecule has 0 spiro atoms. The number of β-amino-alcohol motifs (C(OH)–C–C–N with tert-alkyl or cyclic N) is 1. The predicted octanol–water partition coefficient (Wildman–Crippen LogP) is 0.479. The van der Waals surface area contributed by atoms with Gasteiger partial charge in [-0.05, 0) is 34.6 Å². The number of piperidine rings is 1. The number of likely N-dealkylation sites (tertiary alicyclic amines) is 1. The molecule has 2 heterocycles. The Morgan fingerprint density at radius 1 is 1.33 bits per heavy atom. The van der Waals surface area contributed by atoms with Crippen molar-refractivity contribution in [2.45, 2.75) is 70.4 Å². The van der Waals surface area contributed by atoms with E-state index in [2.05, 4.69) is 0 Å². The quantitative estimate of drug-likeness (QED) is 0.676. The van der Waals surface area contributed by atoms with E-state index in [1.54, 1.807) is 34.6 Å². The third-order valence-electron chi connectivity index (χ3n) is 3.54. The van der Waals surface area contributed by atoms with Gasteiger partial charge >= 0.3 is 6.09 Å². The van der Waals surface area contributed by atoms with Crippen LogP contribution in [0.1, 0.15) is 34.6 Å². The van der Waals surface area contributed by atoms with Crippen molar-refractivity contribution in [3.05, 3.63) is 0 Å². The van der Waals surface area contributed by atoms with Crippen LogP contribution in [0.4, 0.5) is 4.79 Å². The summed E-state index contributed by atoms with van der Waals surface area (Å²) in [5.74, 6) is -0.862. The minimum absolute atomic E-state index is 0.00953. The molecule has 2 saturated heterocycles. The third-order valence-corrected chi connectivity index (χ3v) is 3.54. The number of carbonyl (C=O) groups excluding carboxylic acids is 1. The highest BCUT2D eigenvalue weighted by Crippen LogP contribution is 2.32. The molecule has 1 amide bonds. The second kappa shape index (κ2) is 5.39. The van der Waals surface area contributed by atoms with Crippen LogP contribution in [-0.4, -0.2) is 70.1 Å². The second-order valence-electron chi connectivity index (χ2n) is 7.05. The molecule has 0 aromatic heterocycles. The van der Waals surface area contributed by atoms with Crippen LogP contribution in [-0.2, 0) is 14.2 Å². The number of aliphatic hydroxyl groups is 2. The van der Waals surface area contributed by atoms with Gasteiger partial charge < -0.3 is 24.4 Å². The van der Waals surface area contributed by atoms with E-state index in [0.717, 1.165) is 0 Å². The largest absolute Gasteiger partial charge is 0.444 e. The summed E-state index contributed by atoms with van der Waals surface area (Å²) in [6.07, 6.45) is -3.38. The van der Waals surface area contributed by atoms with E-state index < -0.39 is 41.8 Å². The van der Waals surface area contributed by atoms with Gasteiger partial charge in [0.2, 0.25) is 0 Å². The van der Waals surface area contributed by atoms with E-state index in [4.69, 9.17) is 14.2 Å². The molecule has 0 unspecified atom stereocenters. The van der Waals surface area contributed by atoms with Crippen LogP contribution >= 0.6 is 0 Å². The SMILES string of the molecule is CC(C)(C)OC(=O)N1C[C@@H](O)[C@@H](O)[C@@H]2OC(C)(C)OC[C@@H]21. The molecule has 4 atom stereocenters. The molecule has 0 radical (unpaired) electrons. The first kappa shape index (κ1) is 16.5. The fourth-order valence-electron chi connectivity index (χ4n) is 2.58. The lowest BCUT2D eigenvalue weighted by atomic mass is 9.93. The van der Waals surface area contributed by atoms with Crippen molar-refractivity contribution in [2.24, 2.45) is 0 Å². The van der Waals surface area contributed by atoms with Gasteiger partial charge in [-0.25, -0.2) is 4.79 Å². The standard InChI is InChI=1S/C14H25NO6/c1-13(2,3)21-12(18)15-6-9(16)10(17)11-8(15)7-19-14(4,5)20-11/h8-11,16-17H,6-7H2,1-5H3/t8-,9+,10+,11+/m0/s1. The molecule has 21 heavy (non-hydrogen) atoms. The molecule has 2 rings (SSSR count). The lowest BCUT2D eigenvalue weighted by molar-refractivity contribution is -0.322. The Morgan fingerprint density at radius 2 is 1.95 bits per heavy atom. The summed E-state index contributed by atoms with van der Waals surface area (Å²) in [6.45, 7) is 8.99. The molecule has 2 aliphatic rings. The van der Waals surface area contributed by atoms with Crippen LogP contribution in [0.3, 0.4) is 0 Å². The van der Waals surface area contributed by atoms with E-state index >= 15 is 0 Å². The van der Waals surface area contributed by atoms with Crippen LogP contribution in [0.5, 0.6) is 0 Å². The average molecular weight is 303 g/mol. The van der Waals surface area contributed by atoms with Gasteiger partial charge in [0.25, 0.3) is 0 Å². The zero-order valence-corrected chi connectivity index (χ0v) is 13.2. The van der Waals surface area contributed by atoms with Crippen molar-refractivity contribution in [3.8, 4) is 0 Å². The molecule has 2 aliphatic heterocycles. The zero-order valence-electron chi connectivity index (χ0n) is 13.2. The number of nitrogens with zero attached hydrogens (tertiary/aromatic N) is 1. The minimum atomic E-state index is -1.08. The minimum Gasteiger partial charge on any atom is -0.444 e. The van der Waals surface area contributed by atoms with E-state index in [9.17, 15) is 15.0 Å². The fraction of sp³-hybridized carbons (Fsp3) is 0.929. The Morgan fingerprint density at radius 3 is 2.52 bits per heavy atom. The summed E-state index contributed by atoms with van der Waals surface area (Å²) in [6, 6.07) is -0.480. The lowest BCUT2D eigenvalue weighted by Gasteiger charge is -2.51. The van der Waals surface area contributed by atoms with Crippen LogP contribution in [0.25, 0.3) is 0 Å². The molecule has 0 aromatic carbocycles. The van der Waals surface area contributed by atoms with Gasteiger partial charge in [0.1, 0.15) is 23.9 Å². The maximum atomic E-state index is 12.3. The number of hydrogen-bond acceptors (Lipinski definition) is 6. The molecule has 0 aliphatic carbocycles. The molecule has 0 bridgehead atoms. The molecular formula is C14H25NO6.